The maximum absolute atomic E-state index is 12.9. The van der Waals surface area contributed by atoms with E-state index in [-0.39, 0.29) is 13.2 Å². The molecule has 0 spiro atoms. The SMILES string of the molecule is CCOP(=O)(OCC)C(F)(F)OP=O. The molecule has 0 aliphatic heterocycles. The van der Waals surface area contributed by atoms with Crippen LogP contribution in [0.25, 0.3) is 0 Å². The van der Waals surface area contributed by atoms with Gasteiger partial charge < -0.3 is 9.05 Å². The van der Waals surface area contributed by atoms with Crippen molar-refractivity contribution in [3.8, 4) is 0 Å². The number of alkyl halides is 2. The summed E-state index contributed by atoms with van der Waals surface area (Å²) in [6.07, 6.45) is 0. The van der Waals surface area contributed by atoms with Crippen molar-refractivity contribution in [2.24, 2.45) is 0 Å². The Balaban J connectivity index is 4.77. The van der Waals surface area contributed by atoms with Crippen LogP contribution in [-0.4, -0.2) is 19.1 Å². The molecule has 0 aliphatic carbocycles. The summed E-state index contributed by atoms with van der Waals surface area (Å²) < 4.78 is 59.1. The van der Waals surface area contributed by atoms with Crippen molar-refractivity contribution in [1.29, 1.82) is 0 Å². The van der Waals surface area contributed by atoms with Gasteiger partial charge in [-0.3, -0.25) is 4.57 Å². The molecule has 0 radical (unpaired) electrons. The highest BCUT2D eigenvalue weighted by Crippen LogP contribution is 2.63. The monoisotopic (exact) mass is 250 g/mol. The fraction of sp³-hybridized carbons (Fsp3) is 1.00. The van der Waals surface area contributed by atoms with E-state index in [0.29, 0.717) is 0 Å². The fourth-order valence-electron chi connectivity index (χ4n) is 0.622. The molecule has 0 unspecified atom stereocenters. The summed E-state index contributed by atoms with van der Waals surface area (Å²) in [6.45, 7) is 2.28. The number of hydrogen-bond acceptors (Lipinski definition) is 5. The Kier molecular flexibility index (Phi) is 5.86. The van der Waals surface area contributed by atoms with E-state index >= 15 is 0 Å². The second-order valence-corrected chi connectivity index (χ2v) is 4.35. The topological polar surface area (TPSA) is 61.8 Å². The maximum atomic E-state index is 12.9. The van der Waals surface area contributed by atoms with E-state index in [4.69, 9.17) is 0 Å². The van der Waals surface area contributed by atoms with Crippen molar-refractivity contribution in [2.45, 2.75) is 19.7 Å². The van der Waals surface area contributed by atoms with Crippen LogP contribution in [0.3, 0.4) is 0 Å². The molecule has 0 saturated heterocycles. The van der Waals surface area contributed by atoms with E-state index in [0.717, 1.165) is 0 Å². The summed E-state index contributed by atoms with van der Waals surface area (Å²) >= 11 is 0. The Labute approximate surface area is 81.5 Å². The summed E-state index contributed by atoms with van der Waals surface area (Å²) in [5.41, 5.74) is 0. The van der Waals surface area contributed by atoms with E-state index in [9.17, 15) is 17.9 Å². The van der Waals surface area contributed by atoms with E-state index in [1.807, 2.05) is 0 Å². The zero-order valence-corrected chi connectivity index (χ0v) is 9.39. The molecule has 0 aromatic rings. The van der Waals surface area contributed by atoms with Crippen molar-refractivity contribution in [2.75, 3.05) is 13.2 Å². The molecule has 14 heavy (non-hydrogen) atoms. The minimum absolute atomic E-state index is 0.230. The zero-order valence-electron chi connectivity index (χ0n) is 7.61. The molecule has 0 atom stereocenters. The van der Waals surface area contributed by atoms with Crippen LogP contribution >= 0.6 is 16.3 Å². The summed E-state index contributed by atoms with van der Waals surface area (Å²) in [6, 6.07) is 0. The molecule has 84 valence electrons. The molecule has 0 aromatic carbocycles. The van der Waals surface area contributed by atoms with Gasteiger partial charge in [-0.15, -0.1) is 0 Å². The first-order valence-corrected chi connectivity index (χ1v) is 5.98. The first-order chi connectivity index (χ1) is 6.43. The van der Waals surface area contributed by atoms with Gasteiger partial charge in [0.1, 0.15) is 0 Å². The van der Waals surface area contributed by atoms with Crippen LogP contribution in [0, 0.1) is 0 Å². The normalized spacial score (nSPS) is 13.4. The van der Waals surface area contributed by atoms with Gasteiger partial charge >= 0.3 is 22.1 Å². The van der Waals surface area contributed by atoms with Crippen LogP contribution in [0.1, 0.15) is 13.8 Å². The third-order valence-electron chi connectivity index (χ3n) is 1.06. The van der Waals surface area contributed by atoms with Crippen LogP contribution in [-0.2, 0) is 22.7 Å². The standard InChI is InChI=1S/C5H10F2O5P2/c1-3-10-14(9,11-4-2)5(6,7)12-13-8/h3-4H2,1-2H3. The van der Waals surface area contributed by atoms with Gasteiger partial charge in [0.05, 0.1) is 13.2 Å². The average Bonchev–Trinajstić information content (AvgIpc) is 2.04. The number of rotatable bonds is 7. The number of hydrogen-bond donors (Lipinski definition) is 0. The largest absolute Gasteiger partial charge is 0.469 e. The van der Waals surface area contributed by atoms with Gasteiger partial charge in [-0.1, -0.05) is 0 Å². The molecular weight excluding hydrogens is 240 g/mol. The van der Waals surface area contributed by atoms with Crippen molar-refractivity contribution in [1.82, 2.24) is 0 Å². The summed E-state index contributed by atoms with van der Waals surface area (Å²) in [4.78, 5) is 0. The Morgan fingerprint density at radius 3 is 2.00 bits per heavy atom. The van der Waals surface area contributed by atoms with Crippen LogP contribution < -0.4 is 0 Å². The second kappa shape index (κ2) is 5.83. The van der Waals surface area contributed by atoms with E-state index in [1.54, 1.807) is 0 Å². The van der Waals surface area contributed by atoms with Crippen molar-refractivity contribution >= 4 is 16.3 Å². The van der Waals surface area contributed by atoms with E-state index in [2.05, 4.69) is 13.6 Å². The molecule has 0 bridgehead atoms. The highest BCUT2D eigenvalue weighted by atomic mass is 31.2. The average molecular weight is 250 g/mol. The van der Waals surface area contributed by atoms with Gasteiger partial charge in [0, 0.05) is 0 Å². The highest BCUT2D eigenvalue weighted by Gasteiger charge is 2.56. The molecule has 0 saturated carbocycles. The van der Waals surface area contributed by atoms with Gasteiger partial charge in [-0.2, -0.15) is 8.78 Å². The Morgan fingerprint density at radius 1 is 1.29 bits per heavy atom. The van der Waals surface area contributed by atoms with Gasteiger partial charge in [0.15, 0.2) is 0 Å². The van der Waals surface area contributed by atoms with Gasteiger partial charge in [0.2, 0.25) is 0 Å². The minimum Gasteiger partial charge on any atom is -0.303 e. The fourth-order valence-corrected chi connectivity index (χ4v) is 2.27. The Morgan fingerprint density at radius 2 is 1.71 bits per heavy atom. The quantitative estimate of drug-likeness (QED) is 0.650. The molecule has 0 N–H and O–H groups in total. The molecule has 0 aliphatic rings. The lowest BCUT2D eigenvalue weighted by Crippen LogP contribution is -2.20. The lowest BCUT2D eigenvalue weighted by molar-refractivity contribution is -0.115. The Bertz CT molecular complexity index is 224. The zero-order chi connectivity index (χ0) is 11.2. The van der Waals surface area contributed by atoms with Crippen LogP contribution in [0.4, 0.5) is 8.78 Å². The van der Waals surface area contributed by atoms with Gasteiger partial charge in [0.25, 0.3) is 0 Å². The predicted molar refractivity (Wildman–Crippen MR) is 44.5 cm³/mol. The smallest absolute Gasteiger partial charge is 0.303 e. The van der Waals surface area contributed by atoms with Gasteiger partial charge in [-0.05, 0) is 13.8 Å². The van der Waals surface area contributed by atoms with Gasteiger partial charge in [-0.25, -0.2) is 9.09 Å². The second-order valence-electron chi connectivity index (χ2n) is 1.98. The van der Waals surface area contributed by atoms with E-state index < -0.39 is 22.1 Å². The maximum Gasteiger partial charge on any atom is 0.469 e. The molecule has 5 nitrogen and oxygen atoms in total. The van der Waals surface area contributed by atoms with E-state index in [1.165, 1.54) is 13.8 Å². The number of halogens is 2. The third-order valence-corrected chi connectivity index (χ3v) is 3.44. The van der Waals surface area contributed by atoms with Crippen LogP contribution in [0.5, 0.6) is 0 Å². The molecular formula is C5H10F2O5P2. The van der Waals surface area contributed by atoms with Crippen molar-refractivity contribution in [3.05, 3.63) is 0 Å². The summed E-state index contributed by atoms with van der Waals surface area (Å²) in [7, 11) is -5.99. The third kappa shape index (κ3) is 3.33. The lowest BCUT2D eigenvalue weighted by atomic mass is 10.9. The minimum atomic E-state index is -4.70. The Hall–Kier alpha value is 0.0700. The molecule has 0 amide bonds. The molecule has 0 fully saturated rings. The van der Waals surface area contributed by atoms with Crippen LogP contribution in [0.15, 0.2) is 0 Å². The van der Waals surface area contributed by atoms with Crippen molar-refractivity contribution < 1.29 is 31.5 Å². The summed E-state index contributed by atoms with van der Waals surface area (Å²) in [5.74, 6) is -4.21. The molecule has 0 heterocycles. The molecule has 9 heteroatoms. The highest BCUT2D eigenvalue weighted by molar-refractivity contribution is 7.55. The molecule has 0 rings (SSSR count). The van der Waals surface area contributed by atoms with Crippen molar-refractivity contribution in [3.63, 3.8) is 0 Å². The predicted octanol–water partition coefficient (Wildman–Crippen LogP) is 3.03. The lowest BCUT2D eigenvalue weighted by Gasteiger charge is -2.22. The first-order valence-electron chi connectivity index (χ1n) is 3.71. The first kappa shape index (κ1) is 14.1. The summed E-state index contributed by atoms with van der Waals surface area (Å²) in [5, 5.41) is 0. The van der Waals surface area contributed by atoms with Crippen LogP contribution in [0.2, 0.25) is 0 Å². The molecule has 0 aromatic heterocycles.